The normalized spacial score (nSPS) is 17.9. The number of rotatable bonds is 9. The quantitative estimate of drug-likeness (QED) is 0.105. The average Bonchev–Trinajstić information content (AvgIpc) is 3.88. The lowest BCUT2D eigenvalue weighted by Crippen LogP contribution is -2.40. The van der Waals surface area contributed by atoms with Crippen LogP contribution in [0.25, 0.3) is 22.3 Å². The van der Waals surface area contributed by atoms with Crippen molar-refractivity contribution in [3.63, 3.8) is 0 Å². The summed E-state index contributed by atoms with van der Waals surface area (Å²) in [5.74, 6) is 1.10. The Morgan fingerprint density at radius 3 is 2.65 bits per heavy atom. The largest absolute Gasteiger partial charge is 0.494 e. The van der Waals surface area contributed by atoms with Crippen LogP contribution in [-0.4, -0.2) is 109 Å². The molecule has 2 saturated heterocycles. The number of methoxy groups -OCH3 is 1. The Labute approximate surface area is 276 Å². The Morgan fingerprint density at radius 2 is 1.96 bits per heavy atom. The van der Waals surface area contributed by atoms with Crippen LogP contribution >= 0.6 is 0 Å². The highest BCUT2D eigenvalue weighted by Crippen LogP contribution is 2.33. The van der Waals surface area contributed by atoms with E-state index in [0.29, 0.717) is 61.9 Å². The molecule has 6 rings (SSSR count). The Kier molecular flexibility index (Phi) is 9.29. The van der Waals surface area contributed by atoms with E-state index in [2.05, 4.69) is 37.4 Å². The van der Waals surface area contributed by atoms with Gasteiger partial charge in [-0.1, -0.05) is 36.3 Å². The van der Waals surface area contributed by atoms with Gasteiger partial charge in [0.05, 0.1) is 54.6 Å². The second-order valence-corrected chi connectivity index (χ2v) is 11.6. The van der Waals surface area contributed by atoms with Crippen LogP contribution in [-0.2, 0) is 4.79 Å². The lowest BCUT2D eigenvalue weighted by Gasteiger charge is -2.28. The zero-order chi connectivity index (χ0) is 33.8. The van der Waals surface area contributed by atoms with Gasteiger partial charge in [0.1, 0.15) is 12.1 Å². The molecule has 14 nitrogen and oxygen atoms in total. The summed E-state index contributed by atoms with van der Waals surface area (Å²) in [6, 6.07) is 11.3. The number of piperidine rings is 1. The molecule has 5 heterocycles. The lowest BCUT2D eigenvalue weighted by molar-refractivity contribution is -0.126. The van der Waals surface area contributed by atoms with E-state index in [1.54, 1.807) is 0 Å². The molecule has 1 aromatic carbocycles. The van der Waals surface area contributed by atoms with Crippen molar-refractivity contribution in [2.45, 2.75) is 31.3 Å². The molecule has 2 aliphatic heterocycles. The van der Waals surface area contributed by atoms with Crippen LogP contribution in [0.5, 0.6) is 5.75 Å². The number of allylic oxidation sites excluding steroid dienone is 1. The van der Waals surface area contributed by atoms with Crippen molar-refractivity contribution in [2.24, 2.45) is 0 Å². The number of aliphatic hydroxyl groups excluding tert-OH is 1. The fourth-order valence-corrected chi connectivity index (χ4v) is 6.36. The van der Waals surface area contributed by atoms with Gasteiger partial charge in [-0.25, -0.2) is 9.97 Å². The van der Waals surface area contributed by atoms with Crippen LogP contribution in [0.4, 0.5) is 0 Å². The highest BCUT2D eigenvalue weighted by atomic mass is 16.5. The summed E-state index contributed by atoms with van der Waals surface area (Å²) in [4.78, 5) is 55.1. The third-order valence-corrected chi connectivity index (χ3v) is 8.78. The van der Waals surface area contributed by atoms with Crippen LogP contribution in [0.2, 0.25) is 0 Å². The van der Waals surface area contributed by atoms with Crippen LogP contribution in [0.1, 0.15) is 45.8 Å². The molecule has 48 heavy (non-hydrogen) atoms. The first-order valence-corrected chi connectivity index (χ1v) is 15.4. The van der Waals surface area contributed by atoms with E-state index in [1.165, 1.54) is 35.4 Å². The molecule has 2 fully saturated rings. The number of benzene rings is 1. The minimum absolute atomic E-state index is 0.0689. The van der Waals surface area contributed by atoms with Gasteiger partial charge >= 0.3 is 0 Å². The maximum absolute atomic E-state index is 13.6. The van der Waals surface area contributed by atoms with E-state index in [0.717, 1.165) is 11.1 Å². The number of hydrogen-bond acceptors (Lipinski definition) is 10. The highest BCUT2D eigenvalue weighted by molar-refractivity contribution is 6.45. The van der Waals surface area contributed by atoms with Gasteiger partial charge in [0.2, 0.25) is 5.82 Å². The minimum atomic E-state index is -0.719. The molecule has 0 radical (unpaired) electrons. The molecule has 244 valence electrons. The third kappa shape index (κ3) is 6.14. The number of fused-ring (bicyclic) bond motifs is 1. The predicted octanol–water partition coefficient (Wildman–Crippen LogP) is 1.73. The predicted molar refractivity (Wildman–Crippen MR) is 174 cm³/mol. The summed E-state index contributed by atoms with van der Waals surface area (Å²) in [5, 5.41) is 27.0. The van der Waals surface area contributed by atoms with E-state index in [9.17, 15) is 24.8 Å². The van der Waals surface area contributed by atoms with Crippen LogP contribution < -0.4 is 10.1 Å². The zero-order valence-electron chi connectivity index (χ0n) is 26.2. The molecular weight excluding hydrogens is 614 g/mol. The average molecular weight is 648 g/mol. The van der Waals surface area contributed by atoms with E-state index >= 15 is 0 Å². The summed E-state index contributed by atoms with van der Waals surface area (Å²) >= 11 is 0. The van der Waals surface area contributed by atoms with Crippen molar-refractivity contribution < 1.29 is 24.2 Å². The number of ketones is 1. The molecule has 0 unspecified atom stereocenters. The van der Waals surface area contributed by atoms with Gasteiger partial charge in [-0.15, -0.1) is 11.5 Å². The number of terminal acetylenes is 1. The van der Waals surface area contributed by atoms with Crippen LogP contribution in [0.15, 0.2) is 54.6 Å². The third-order valence-electron chi connectivity index (χ3n) is 8.78. The second kappa shape index (κ2) is 13.9. The lowest BCUT2D eigenvalue weighted by atomic mass is 9.93. The number of H-pyrrole nitrogens is 1. The summed E-state index contributed by atoms with van der Waals surface area (Å²) in [7, 11) is 1.43. The van der Waals surface area contributed by atoms with Crippen molar-refractivity contribution >= 4 is 34.1 Å². The Bertz CT molecular complexity index is 1970. The number of nitrogens with zero attached hydrogens (tertiary/aromatic N) is 7. The second-order valence-electron chi connectivity index (χ2n) is 11.6. The Hall–Kier alpha value is -5.83. The monoisotopic (exact) mass is 647 g/mol. The minimum Gasteiger partial charge on any atom is -0.494 e. The number of hydrogen-bond donors (Lipinski definition) is 3. The van der Waals surface area contributed by atoms with Gasteiger partial charge in [0.25, 0.3) is 17.6 Å². The van der Waals surface area contributed by atoms with Crippen molar-refractivity contribution in [3.05, 3.63) is 71.6 Å². The number of aromatic nitrogens is 5. The van der Waals surface area contributed by atoms with Crippen molar-refractivity contribution in [2.75, 3.05) is 39.9 Å². The smallest absolute Gasteiger partial charge is 0.295 e. The zero-order valence-corrected chi connectivity index (χ0v) is 26.2. The summed E-state index contributed by atoms with van der Waals surface area (Å²) in [6.45, 7) is 1.39. The number of nitrogens with one attached hydrogen (secondary N) is 2. The van der Waals surface area contributed by atoms with E-state index in [4.69, 9.17) is 11.2 Å². The van der Waals surface area contributed by atoms with Gasteiger partial charge in [-0.3, -0.25) is 19.3 Å². The van der Waals surface area contributed by atoms with Gasteiger partial charge in [-0.2, -0.15) is 9.94 Å². The molecule has 0 bridgehead atoms. The number of aliphatic hydroxyl groups is 1. The van der Waals surface area contributed by atoms with E-state index in [1.807, 2.05) is 35.2 Å². The van der Waals surface area contributed by atoms with Crippen LogP contribution in [0, 0.1) is 23.7 Å². The Balaban J connectivity index is 1.19. The molecule has 14 heteroatoms. The first-order valence-electron chi connectivity index (χ1n) is 15.4. The van der Waals surface area contributed by atoms with E-state index in [-0.39, 0.29) is 41.6 Å². The Morgan fingerprint density at radius 1 is 1.19 bits per heavy atom. The number of likely N-dealkylation sites (tertiary alicyclic amines) is 2. The standard InChI is InChI=1S/C34H33N9O5/c1-3-11-42-18-23(14-24(42)19-44)39-33(46)31-38-20-43(40-31)32-29-28(27(48-2)17-37-32)26(16-36-29)30(45)34(47)41-12-9-22(10-13-41)25(15-35)21-7-5-4-6-8-21/h1,4-8,16-17,20,23-24,36,44H,9-14,18-19H2,2H3,(H,39,46)/t23-,24-/m0/s1. The van der Waals surface area contributed by atoms with Gasteiger partial charge in [0.15, 0.2) is 5.82 Å². The maximum atomic E-state index is 13.6. The SMILES string of the molecule is C#CCN1C[C@@H](NC(=O)c2ncn(-c3ncc(OC)c4c(C(=O)C(=O)N5CCC(=C(C#N)c6ccccc6)CC5)c[nH]c34)n2)C[C@H]1CO. The number of pyridine rings is 1. The molecule has 0 spiro atoms. The number of carbonyl (C=O) groups excluding carboxylic acids is 3. The van der Waals surface area contributed by atoms with Crippen molar-refractivity contribution in [1.82, 2.24) is 39.8 Å². The number of carbonyl (C=O) groups is 3. The topological polar surface area (TPSA) is 182 Å². The van der Waals surface area contributed by atoms with Gasteiger partial charge in [-0.05, 0) is 30.4 Å². The number of ether oxygens (including phenoxy) is 1. The number of aromatic amines is 1. The number of amides is 2. The first-order chi connectivity index (χ1) is 23.4. The molecule has 3 N–H and O–H groups in total. The summed E-state index contributed by atoms with van der Waals surface area (Å²) in [6.07, 6.45) is 11.1. The molecule has 2 amide bonds. The maximum Gasteiger partial charge on any atom is 0.295 e. The molecule has 3 aromatic heterocycles. The molecule has 0 aliphatic carbocycles. The number of Topliss-reactive ketones (excluding diaryl/α,β-unsaturated/α-hetero) is 1. The van der Waals surface area contributed by atoms with Crippen molar-refractivity contribution in [1.29, 1.82) is 5.26 Å². The highest BCUT2D eigenvalue weighted by Gasteiger charge is 2.33. The molecule has 4 aromatic rings. The fourth-order valence-electron chi connectivity index (χ4n) is 6.36. The number of nitriles is 1. The first kappa shape index (κ1) is 32.1. The van der Waals surface area contributed by atoms with Crippen LogP contribution in [0.3, 0.4) is 0 Å². The summed E-state index contributed by atoms with van der Waals surface area (Å²) in [5.41, 5.74) is 2.85. The van der Waals surface area contributed by atoms with Gasteiger partial charge in [0, 0.05) is 37.9 Å². The van der Waals surface area contributed by atoms with Gasteiger partial charge < -0.3 is 25.0 Å². The fraction of sp³-hybridized carbons (Fsp3) is 0.324. The molecular formula is C34H33N9O5. The van der Waals surface area contributed by atoms with Crippen molar-refractivity contribution in [3.8, 4) is 30.0 Å². The summed E-state index contributed by atoms with van der Waals surface area (Å²) < 4.78 is 6.81. The van der Waals surface area contributed by atoms with E-state index < -0.39 is 17.6 Å². The molecule has 2 atom stereocenters. The molecule has 0 saturated carbocycles. The molecule has 2 aliphatic rings.